The highest BCUT2D eigenvalue weighted by Gasteiger charge is 2.11. The summed E-state index contributed by atoms with van der Waals surface area (Å²) in [6, 6.07) is 5.76. The second kappa shape index (κ2) is 6.80. The van der Waals surface area contributed by atoms with Crippen molar-refractivity contribution in [3.05, 3.63) is 28.9 Å². The molecule has 0 N–H and O–H groups in total. The van der Waals surface area contributed by atoms with Gasteiger partial charge in [0.1, 0.15) is 0 Å². The third kappa shape index (κ3) is 3.15. The van der Waals surface area contributed by atoms with Gasteiger partial charge in [0.05, 0.1) is 23.8 Å². The van der Waals surface area contributed by atoms with E-state index in [2.05, 4.69) is 11.9 Å². The molecule has 0 bridgehead atoms. The lowest BCUT2D eigenvalue weighted by molar-refractivity contribution is 0.288. The van der Waals surface area contributed by atoms with E-state index in [9.17, 15) is 0 Å². The van der Waals surface area contributed by atoms with Crippen LogP contribution in [0.4, 0.5) is 0 Å². The lowest BCUT2D eigenvalue weighted by Gasteiger charge is -2.13. The van der Waals surface area contributed by atoms with Crippen LogP contribution in [0, 0.1) is 0 Å². The van der Waals surface area contributed by atoms with E-state index in [1.165, 1.54) is 0 Å². The number of halogens is 1. The maximum Gasteiger partial charge on any atom is 0.163 e. The maximum absolute atomic E-state index is 6.36. The maximum atomic E-state index is 6.36. The van der Waals surface area contributed by atoms with Gasteiger partial charge in [0.25, 0.3) is 0 Å². The second-order valence-corrected chi connectivity index (χ2v) is 4.93. The van der Waals surface area contributed by atoms with E-state index < -0.39 is 0 Å². The SMILES string of the molecule is CCCc1cc(Cl)c2cc(OCC)c(OCC)cc2n1. The third-order valence-corrected chi connectivity index (χ3v) is 3.30. The van der Waals surface area contributed by atoms with Crippen molar-refractivity contribution >= 4 is 22.5 Å². The van der Waals surface area contributed by atoms with Gasteiger partial charge in [-0.05, 0) is 32.4 Å². The first kappa shape index (κ1) is 14.9. The molecule has 2 rings (SSSR count). The summed E-state index contributed by atoms with van der Waals surface area (Å²) in [6.45, 7) is 7.21. The van der Waals surface area contributed by atoms with Crippen LogP contribution in [0.2, 0.25) is 5.02 Å². The van der Waals surface area contributed by atoms with Gasteiger partial charge in [-0.2, -0.15) is 0 Å². The Morgan fingerprint density at radius 1 is 1.00 bits per heavy atom. The smallest absolute Gasteiger partial charge is 0.163 e. The molecule has 4 heteroatoms. The highest BCUT2D eigenvalue weighted by atomic mass is 35.5. The van der Waals surface area contributed by atoms with Gasteiger partial charge >= 0.3 is 0 Å². The average molecular weight is 294 g/mol. The number of aryl methyl sites for hydroxylation is 1. The largest absolute Gasteiger partial charge is 0.490 e. The fourth-order valence-electron chi connectivity index (χ4n) is 2.16. The van der Waals surface area contributed by atoms with Crippen LogP contribution in [-0.4, -0.2) is 18.2 Å². The summed E-state index contributed by atoms with van der Waals surface area (Å²) in [5.41, 5.74) is 1.87. The molecule has 1 aromatic heterocycles. The molecule has 108 valence electrons. The molecule has 0 saturated carbocycles. The molecule has 1 aromatic carbocycles. The quantitative estimate of drug-likeness (QED) is 0.777. The monoisotopic (exact) mass is 293 g/mol. The Bertz CT molecular complexity index is 599. The summed E-state index contributed by atoms with van der Waals surface area (Å²) in [7, 11) is 0. The minimum absolute atomic E-state index is 0.588. The predicted octanol–water partition coefficient (Wildman–Crippen LogP) is 4.64. The van der Waals surface area contributed by atoms with Crippen molar-refractivity contribution in [3.8, 4) is 11.5 Å². The van der Waals surface area contributed by atoms with Crippen molar-refractivity contribution in [3.63, 3.8) is 0 Å². The molecule has 0 aliphatic heterocycles. The standard InChI is InChI=1S/C16H20ClNO2/c1-4-7-11-8-13(17)12-9-15(19-5-2)16(20-6-3)10-14(12)18-11/h8-10H,4-7H2,1-3H3. The zero-order valence-corrected chi connectivity index (χ0v) is 13.0. The third-order valence-electron chi connectivity index (χ3n) is 2.98. The van der Waals surface area contributed by atoms with Gasteiger partial charge in [-0.1, -0.05) is 24.9 Å². The van der Waals surface area contributed by atoms with Gasteiger partial charge in [0.15, 0.2) is 11.5 Å². The van der Waals surface area contributed by atoms with E-state index in [0.717, 1.165) is 35.2 Å². The van der Waals surface area contributed by atoms with Crippen LogP contribution in [0.15, 0.2) is 18.2 Å². The van der Waals surface area contributed by atoms with Crippen molar-refractivity contribution in [1.29, 1.82) is 0 Å². The van der Waals surface area contributed by atoms with E-state index in [1.807, 2.05) is 32.0 Å². The Balaban J connectivity index is 2.57. The first-order valence-corrected chi connectivity index (χ1v) is 7.46. The van der Waals surface area contributed by atoms with Crippen molar-refractivity contribution in [2.75, 3.05) is 13.2 Å². The first-order chi connectivity index (χ1) is 9.69. The predicted molar refractivity (Wildman–Crippen MR) is 83.1 cm³/mol. The Morgan fingerprint density at radius 2 is 1.65 bits per heavy atom. The fourth-order valence-corrected chi connectivity index (χ4v) is 2.44. The number of pyridine rings is 1. The number of ether oxygens (including phenoxy) is 2. The Labute approximate surface area is 124 Å². The fraction of sp³-hybridized carbons (Fsp3) is 0.438. The van der Waals surface area contributed by atoms with Crippen LogP contribution in [0.1, 0.15) is 32.9 Å². The summed E-state index contributed by atoms with van der Waals surface area (Å²) in [5, 5.41) is 1.61. The molecule has 0 atom stereocenters. The van der Waals surface area contributed by atoms with E-state index in [-0.39, 0.29) is 0 Å². The zero-order valence-electron chi connectivity index (χ0n) is 12.2. The van der Waals surface area contributed by atoms with Crippen LogP contribution in [0.3, 0.4) is 0 Å². The zero-order chi connectivity index (χ0) is 14.5. The lowest BCUT2D eigenvalue weighted by Crippen LogP contribution is -1.99. The first-order valence-electron chi connectivity index (χ1n) is 7.08. The highest BCUT2D eigenvalue weighted by molar-refractivity contribution is 6.35. The van der Waals surface area contributed by atoms with Gasteiger partial charge in [0, 0.05) is 17.1 Å². The summed E-state index contributed by atoms with van der Waals surface area (Å²) in [4.78, 5) is 4.65. The lowest BCUT2D eigenvalue weighted by atomic mass is 10.1. The van der Waals surface area contributed by atoms with Crippen LogP contribution < -0.4 is 9.47 Å². The topological polar surface area (TPSA) is 31.4 Å². The second-order valence-electron chi connectivity index (χ2n) is 4.53. The number of rotatable bonds is 6. The molecule has 0 amide bonds. The molecule has 3 nitrogen and oxygen atoms in total. The number of aromatic nitrogens is 1. The minimum Gasteiger partial charge on any atom is -0.490 e. The molecule has 0 saturated heterocycles. The summed E-state index contributed by atoms with van der Waals surface area (Å²) in [6.07, 6.45) is 1.97. The molecule has 0 aliphatic carbocycles. The van der Waals surface area contributed by atoms with Crippen LogP contribution >= 0.6 is 11.6 Å². The minimum atomic E-state index is 0.588. The van der Waals surface area contributed by atoms with E-state index in [4.69, 9.17) is 21.1 Å². The van der Waals surface area contributed by atoms with Crippen LogP contribution in [0.25, 0.3) is 10.9 Å². The molecule has 2 aromatic rings. The molecular weight excluding hydrogens is 274 g/mol. The number of fused-ring (bicyclic) bond motifs is 1. The van der Waals surface area contributed by atoms with Crippen LogP contribution in [-0.2, 0) is 6.42 Å². The molecule has 0 unspecified atom stereocenters. The van der Waals surface area contributed by atoms with Crippen molar-refractivity contribution in [2.24, 2.45) is 0 Å². The van der Waals surface area contributed by atoms with E-state index >= 15 is 0 Å². The molecule has 1 heterocycles. The molecule has 0 spiro atoms. The van der Waals surface area contributed by atoms with Crippen molar-refractivity contribution in [1.82, 2.24) is 4.98 Å². The number of nitrogens with zero attached hydrogens (tertiary/aromatic N) is 1. The summed E-state index contributed by atoms with van der Waals surface area (Å²) < 4.78 is 11.2. The molecular formula is C16H20ClNO2. The summed E-state index contributed by atoms with van der Waals surface area (Å²) in [5.74, 6) is 1.44. The average Bonchev–Trinajstić information content (AvgIpc) is 2.41. The normalized spacial score (nSPS) is 10.8. The van der Waals surface area contributed by atoms with Crippen molar-refractivity contribution in [2.45, 2.75) is 33.6 Å². The van der Waals surface area contributed by atoms with Crippen molar-refractivity contribution < 1.29 is 9.47 Å². The number of benzene rings is 1. The molecule has 0 fully saturated rings. The number of hydrogen-bond donors (Lipinski definition) is 0. The Hall–Kier alpha value is -1.48. The highest BCUT2D eigenvalue weighted by Crippen LogP contribution is 2.35. The van der Waals surface area contributed by atoms with Gasteiger partial charge in [-0.25, -0.2) is 0 Å². The summed E-state index contributed by atoms with van der Waals surface area (Å²) >= 11 is 6.36. The molecule has 0 aliphatic rings. The molecule has 20 heavy (non-hydrogen) atoms. The van der Waals surface area contributed by atoms with Gasteiger partial charge in [0.2, 0.25) is 0 Å². The Morgan fingerprint density at radius 3 is 2.25 bits per heavy atom. The van der Waals surface area contributed by atoms with Gasteiger partial charge < -0.3 is 9.47 Å². The van der Waals surface area contributed by atoms with E-state index in [1.54, 1.807) is 0 Å². The van der Waals surface area contributed by atoms with Crippen LogP contribution in [0.5, 0.6) is 11.5 Å². The van der Waals surface area contributed by atoms with Gasteiger partial charge in [-0.15, -0.1) is 0 Å². The Kier molecular flexibility index (Phi) is 5.07. The van der Waals surface area contributed by atoms with Gasteiger partial charge in [-0.3, -0.25) is 4.98 Å². The number of hydrogen-bond acceptors (Lipinski definition) is 3. The molecule has 0 radical (unpaired) electrons. The van der Waals surface area contributed by atoms with E-state index in [0.29, 0.717) is 24.0 Å².